The Bertz CT molecular complexity index is 1540. The van der Waals surface area contributed by atoms with E-state index in [1.54, 1.807) is 0 Å². The van der Waals surface area contributed by atoms with Gasteiger partial charge in [0.15, 0.2) is 6.10 Å². The summed E-state index contributed by atoms with van der Waals surface area (Å²) in [6.07, 6.45) is -5.01. The number of hydrogen-bond donors (Lipinski definition) is 0. The third kappa shape index (κ3) is 8.71. The van der Waals surface area contributed by atoms with E-state index in [1.807, 2.05) is 121 Å². The second-order valence-corrected chi connectivity index (χ2v) is 11.5. The number of ether oxygens (including phenoxy) is 6. The third-order valence-electron chi connectivity index (χ3n) is 8.15. The minimum Gasteiger partial charge on any atom is -0.447 e. The lowest BCUT2D eigenvalue weighted by Gasteiger charge is -2.46. The first-order chi connectivity index (χ1) is 23.2. The van der Waals surface area contributed by atoms with Gasteiger partial charge in [-0.15, -0.1) is 0 Å². The van der Waals surface area contributed by atoms with Crippen LogP contribution in [0.25, 0.3) is 0 Å². The summed E-state index contributed by atoms with van der Waals surface area (Å²) >= 11 is 0. The van der Waals surface area contributed by atoms with E-state index in [0.29, 0.717) is 6.61 Å². The molecule has 9 nitrogen and oxygen atoms in total. The summed E-state index contributed by atoms with van der Waals surface area (Å²) in [6, 6.07) is 39.1. The molecule has 244 valence electrons. The second-order valence-electron chi connectivity index (χ2n) is 11.5. The predicted octanol–water partition coefficient (Wildman–Crippen LogP) is 5.71. The summed E-state index contributed by atoms with van der Waals surface area (Å²) in [4.78, 5) is 27.7. The minimum atomic E-state index is -1.19. The zero-order valence-corrected chi connectivity index (χ0v) is 26.1. The van der Waals surface area contributed by atoms with Crippen LogP contribution in [0.4, 0.5) is 4.79 Å². The van der Waals surface area contributed by atoms with Gasteiger partial charge in [-0.25, -0.2) is 9.69 Å². The molecule has 47 heavy (non-hydrogen) atoms. The summed E-state index contributed by atoms with van der Waals surface area (Å²) in [5.74, 6) is -0.548. The van der Waals surface area contributed by atoms with Crippen LogP contribution in [-0.2, 0) is 59.6 Å². The number of imide groups is 1. The lowest BCUT2D eigenvalue weighted by molar-refractivity contribution is -0.269. The van der Waals surface area contributed by atoms with E-state index in [9.17, 15) is 9.59 Å². The minimum absolute atomic E-state index is 0.110. The summed E-state index contributed by atoms with van der Waals surface area (Å²) in [6.45, 7) is 1.40. The number of carbonyl (C=O) groups excluding carboxylic acids is 2. The molecule has 0 saturated carbocycles. The van der Waals surface area contributed by atoms with Crippen molar-refractivity contribution in [3.05, 3.63) is 144 Å². The molecule has 9 heteroatoms. The van der Waals surface area contributed by atoms with Crippen LogP contribution in [0.3, 0.4) is 0 Å². The van der Waals surface area contributed by atoms with Crippen molar-refractivity contribution in [1.29, 1.82) is 0 Å². The van der Waals surface area contributed by atoms with Crippen LogP contribution in [0.15, 0.2) is 121 Å². The molecule has 0 spiro atoms. The average Bonchev–Trinajstić information content (AvgIpc) is 3.56. The van der Waals surface area contributed by atoms with Gasteiger partial charge in [-0.1, -0.05) is 121 Å². The van der Waals surface area contributed by atoms with Gasteiger partial charge in [0, 0.05) is 0 Å². The van der Waals surface area contributed by atoms with Gasteiger partial charge in [-0.05, 0) is 22.3 Å². The Balaban J connectivity index is 1.33. The Hall–Kier alpha value is -4.38. The van der Waals surface area contributed by atoms with Crippen molar-refractivity contribution in [1.82, 2.24) is 4.90 Å². The molecule has 2 aliphatic rings. The molecule has 0 aromatic heterocycles. The van der Waals surface area contributed by atoms with Gasteiger partial charge in [0.25, 0.3) is 5.91 Å². The van der Waals surface area contributed by atoms with Crippen LogP contribution in [0.2, 0.25) is 0 Å². The number of benzene rings is 4. The quantitative estimate of drug-likeness (QED) is 0.174. The molecule has 0 aliphatic carbocycles. The summed E-state index contributed by atoms with van der Waals surface area (Å²) in [5.41, 5.74) is 3.83. The number of carbonyl (C=O) groups is 2. The lowest BCUT2D eigenvalue weighted by Crippen LogP contribution is -2.64. The molecule has 4 aromatic rings. The molecule has 5 atom stereocenters. The fraction of sp³-hybridized carbons (Fsp3) is 0.316. The highest BCUT2D eigenvalue weighted by molar-refractivity contribution is 5.95. The van der Waals surface area contributed by atoms with Crippen LogP contribution in [0.5, 0.6) is 0 Å². The first kappa shape index (κ1) is 32.6. The molecule has 2 aliphatic heterocycles. The Kier molecular flexibility index (Phi) is 11.4. The number of cyclic esters (lactones) is 1. The molecule has 0 unspecified atom stereocenters. The standard InChI is InChI=1S/C38H39NO8/c40-37(39-21-22-43-38(39)41)36-35(46-26-31-19-11-4-12-20-31)34(45-25-30-17-9-3-10-18-30)33(44-24-29-15-7-2-8-16-29)32(47-36)27-42-23-28-13-5-1-6-14-28/h1-20,32-36H,21-27H2/t32-,33-,34+,35-,36+/m1/s1. The topological polar surface area (TPSA) is 92.8 Å². The zero-order valence-electron chi connectivity index (χ0n) is 26.1. The first-order valence-corrected chi connectivity index (χ1v) is 15.9. The Labute approximate surface area is 274 Å². The van der Waals surface area contributed by atoms with Crippen LogP contribution in [0.1, 0.15) is 22.3 Å². The Morgan fingerprint density at radius 2 is 1.06 bits per heavy atom. The van der Waals surface area contributed by atoms with Crippen molar-refractivity contribution in [2.24, 2.45) is 0 Å². The third-order valence-corrected chi connectivity index (χ3v) is 8.15. The fourth-order valence-electron chi connectivity index (χ4n) is 5.74. The van der Waals surface area contributed by atoms with E-state index < -0.39 is 42.5 Å². The van der Waals surface area contributed by atoms with Crippen molar-refractivity contribution >= 4 is 12.0 Å². The SMILES string of the molecule is O=C1OCCN1C(=O)[C@H]1O[C@H](COCc2ccccc2)[C@@H](OCc2ccccc2)[C@H](OCc2ccccc2)[C@H]1OCc1ccccc1. The number of hydrogen-bond acceptors (Lipinski definition) is 8. The summed E-state index contributed by atoms with van der Waals surface area (Å²) in [5, 5.41) is 0. The highest BCUT2D eigenvalue weighted by atomic mass is 16.6. The highest BCUT2D eigenvalue weighted by Crippen LogP contribution is 2.32. The Morgan fingerprint density at radius 3 is 1.53 bits per heavy atom. The van der Waals surface area contributed by atoms with E-state index in [4.69, 9.17) is 28.4 Å². The van der Waals surface area contributed by atoms with E-state index in [1.165, 1.54) is 0 Å². The molecule has 0 radical (unpaired) electrons. The van der Waals surface area contributed by atoms with Gasteiger partial charge >= 0.3 is 6.09 Å². The van der Waals surface area contributed by atoms with Crippen LogP contribution < -0.4 is 0 Å². The largest absolute Gasteiger partial charge is 0.447 e. The molecule has 2 heterocycles. The van der Waals surface area contributed by atoms with Gasteiger partial charge < -0.3 is 28.4 Å². The molecule has 2 amide bonds. The molecule has 0 N–H and O–H groups in total. The molecule has 6 rings (SSSR count). The number of rotatable bonds is 14. The smallest absolute Gasteiger partial charge is 0.416 e. The van der Waals surface area contributed by atoms with E-state index >= 15 is 0 Å². The molecular formula is C38H39NO8. The average molecular weight is 638 g/mol. The van der Waals surface area contributed by atoms with Gasteiger partial charge in [-0.2, -0.15) is 0 Å². The maximum Gasteiger partial charge on any atom is 0.416 e. The fourth-order valence-corrected chi connectivity index (χ4v) is 5.74. The monoisotopic (exact) mass is 637 g/mol. The molecular weight excluding hydrogens is 598 g/mol. The molecule has 2 fully saturated rings. The van der Waals surface area contributed by atoms with Crippen LogP contribution in [-0.4, -0.2) is 67.2 Å². The summed E-state index contributed by atoms with van der Waals surface area (Å²) < 4.78 is 37.7. The molecule has 4 aromatic carbocycles. The lowest BCUT2D eigenvalue weighted by atomic mass is 9.93. The van der Waals surface area contributed by atoms with Crippen molar-refractivity contribution in [3.8, 4) is 0 Å². The predicted molar refractivity (Wildman–Crippen MR) is 173 cm³/mol. The maximum absolute atomic E-state index is 14.1. The summed E-state index contributed by atoms with van der Waals surface area (Å²) in [7, 11) is 0. The number of amides is 2. The van der Waals surface area contributed by atoms with E-state index in [-0.39, 0.29) is 39.6 Å². The van der Waals surface area contributed by atoms with Crippen molar-refractivity contribution < 1.29 is 38.0 Å². The molecule has 0 bridgehead atoms. The van der Waals surface area contributed by atoms with E-state index in [0.717, 1.165) is 27.2 Å². The van der Waals surface area contributed by atoms with Gasteiger partial charge in [-0.3, -0.25) is 4.79 Å². The second kappa shape index (κ2) is 16.4. The Morgan fingerprint density at radius 1 is 0.617 bits per heavy atom. The zero-order chi connectivity index (χ0) is 32.3. The van der Waals surface area contributed by atoms with Gasteiger partial charge in [0.1, 0.15) is 31.0 Å². The van der Waals surface area contributed by atoms with Crippen molar-refractivity contribution in [2.75, 3.05) is 19.8 Å². The first-order valence-electron chi connectivity index (χ1n) is 15.9. The van der Waals surface area contributed by atoms with Crippen LogP contribution >= 0.6 is 0 Å². The van der Waals surface area contributed by atoms with Gasteiger partial charge in [0.2, 0.25) is 0 Å². The van der Waals surface area contributed by atoms with E-state index in [2.05, 4.69) is 0 Å². The normalized spacial score (nSPS) is 22.6. The maximum atomic E-state index is 14.1. The van der Waals surface area contributed by atoms with Gasteiger partial charge in [0.05, 0.1) is 39.6 Å². The number of nitrogens with zero attached hydrogens (tertiary/aromatic N) is 1. The van der Waals surface area contributed by atoms with Crippen molar-refractivity contribution in [3.63, 3.8) is 0 Å². The van der Waals surface area contributed by atoms with Crippen molar-refractivity contribution in [2.45, 2.75) is 56.9 Å². The van der Waals surface area contributed by atoms with Crippen LogP contribution in [0, 0.1) is 0 Å². The highest BCUT2D eigenvalue weighted by Gasteiger charge is 2.53. The molecule has 2 saturated heterocycles.